The number of nitrogens with zero attached hydrogens (tertiary/aromatic N) is 3. The van der Waals surface area contributed by atoms with Crippen LogP contribution in [0.1, 0.15) is 0 Å². The fourth-order valence-corrected chi connectivity index (χ4v) is 7.44. The third kappa shape index (κ3) is 4.71. The van der Waals surface area contributed by atoms with Gasteiger partial charge in [0.25, 0.3) is 0 Å². The van der Waals surface area contributed by atoms with Crippen molar-refractivity contribution in [3.63, 3.8) is 0 Å². The first-order chi connectivity index (χ1) is 24.8. The number of pyridine rings is 1. The second-order valence-corrected chi connectivity index (χ2v) is 12.8. The van der Waals surface area contributed by atoms with E-state index in [0.29, 0.717) is 5.82 Å². The van der Waals surface area contributed by atoms with Crippen molar-refractivity contribution >= 4 is 54.0 Å². The van der Waals surface area contributed by atoms with Gasteiger partial charge in [0.1, 0.15) is 0 Å². The SMILES string of the molecule is c1ccc2ncc(-c3nc(-c4ccc(-c5cc6ccccc6c6ccccc56)cc4)cc(-c4cc5ccccc5c5ccccc45)n3)cc2c1. The molecule has 0 saturated carbocycles. The highest BCUT2D eigenvalue weighted by Gasteiger charge is 2.16. The maximum absolute atomic E-state index is 5.24. The predicted octanol–water partition coefficient (Wildman–Crippen LogP) is 12.3. The average molecular weight is 636 g/mol. The zero-order valence-corrected chi connectivity index (χ0v) is 27.1. The fraction of sp³-hybridized carbons (Fsp3) is 0. The lowest BCUT2D eigenvalue weighted by Gasteiger charge is -2.14. The summed E-state index contributed by atoms with van der Waals surface area (Å²) >= 11 is 0. The van der Waals surface area contributed by atoms with E-state index in [1.807, 2.05) is 24.4 Å². The van der Waals surface area contributed by atoms with Crippen molar-refractivity contribution in [1.29, 1.82) is 0 Å². The van der Waals surface area contributed by atoms with Crippen LogP contribution in [0, 0.1) is 0 Å². The lowest BCUT2D eigenvalue weighted by atomic mass is 9.92. The summed E-state index contributed by atoms with van der Waals surface area (Å²) in [6.07, 6.45) is 1.89. The van der Waals surface area contributed by atoms with E-state index in [-0.39, 0.29) is 0 Å². The highest BCUT2D eigenvalue weighted by Crippen LogP contribution is 2.38. The van der Waals surface area contributed by atoms with Gasteiger partial charge in [0.2, 0.25) is 0 Å². The first kappa shape index (κ1) is 28.3. The van der Waals surface area contributed by atoms with Gasteiger partial charge in [-0.25, -0.2) is 9.97 Å². The molecule has 3 nitrogen and oxygen atoms in total. The van der Waals surface area contributed by atoms with Crippen LogP contribution in [0.25, 0.3) is 99.0 Å². The largest absolute Gasteiger partial charge is 0.255 e. The fourth-order valence-electron chi connectivity index (χ4n) is 7.44. The molecule has 0 unspecified atom stereocenters. The molecule has 10 aromatic rings. The Hall–Kier alpha value is -6.71. The highest BCUT2D eigenvalue weighted by molar-refractivity contribution is 6.15. The normalized spacial score (nSPS) is 11.6. The average Bonchev–Trinajstić information content (AvgIpc) is 3.20. The van der Waals surface area contributed by atoms with E-state index in [0.717, 1.165) is 44.4 Å². The lowest BCUT2D eigenvalue weighted by Crippen LogP contribution is -1.97. The molecule has 2 heterocycles. The quantitative estimate of drug-likeness (QED) is 0.181. The van der Waals surface area contributed by atoms with Gasteiger partial charge in [-0.2, -0.15) is 0 Å². The minimum atomic E-state index is 0.651. The van der Waals surface area contributed by atoms with Crippen molar-refractivity contribution in [2.24, 2.45) is 0 Å². The molecular weight excluding hydrogens is 607 g/mol. The molecule has 232 valence electrons. The first-order valence-electron chi connectivity index (χ1n) is 16.9. The third-order valence-corrected chi connectivity index (χ3v) is 9.88. The molecule has 0 aliphatic carbocycles. The topological polar surface area (TPSA) is 38.7 Å². The molecule has 0 N–H and O–H groups in total. The van der Waals surface area contributed by atoms with E-state index in [1.165, 1.54) is 48.8 Å². The summed E-state index contributed by atoms with van der Waals surface area (Å²) in [6.45, 7) is 0. The van der Waals surface area contributed by atoms with Crippen LogP contribution in [0.3, 0.4) is 0 Å². The number of hydrogen-bond acceptors (Lipinski definition) is 3. The van der Waals surface area contributed by atoms with Crippen LogP contribution in [-0.4, -0.2) is 15.0 Å². The smallest absolute Gasteiger partial charge is 0.161 e. The zero-order chi connectivity index (χ0) is 33.0. The molecule has 0 aliphatic rings. The molecule has 0 fully saturated rings. The van der Waals surface area contributed by atoms with Gasteiger partial charge < -0.3 is 0 Å². The van der Waals surface area contributed by atoms with Crippen LogP contribution >= 0.6 is 0 Å². The Bertz CT molecular complexity index is 2930. The van der Waals surface area contributed by atoms with Crippen molar-refractivity contribution < 1.29 is 0 Å². The standard InChI is InChI=1S/C47H29N3/c1-4-14-36-32(11-1)26-42(40-18-8-6-16-38(36)40)30-21-23-31(24-22-30)45-28-46(50-47(49-45)35-25-34-13-3-10-20-44(34)48-29-35)43-27-33-12-2-5-15-37(33)39-17-7-9-19-41(39)43/h1-29H. The van der Waals surface area contributed by atoms with E-state index >= 15 is 0 Å². The number of para-hydroxylation sites is 1. The molecule has 0 radical (unpaired) electrons. The molecule has 0 amide bonds. The van der Waals surface area contributed by atoms with Gasteiger partial charge in [-0.05, 0) is 84.5 Å². The van der Waals surface area contributed by atoms with Crippen LogP contribution < -0.4 is 0 Å². The molecule has 50 heavy (non-hydrogen) atoms. The second-order valence-electron chi connectivity index (χ2n) is 12.8. The highest BCUT2D eigenvalue weighted by atomic mass is 14.9. The van der Waals surface area contributed by atoms with Gasteiger partial charge >= 0.3 is 0 Å². The van der Waals surface area contributed by atoms with E-state index in [9.17, 15) is 0 Å². The second kappa shape index (κ2) is 11.5. The van der Waals surface area contributed by atoms with Crippen LogP contribution in [0.4, 0.5) is 0 Å². The Morgan fingerprint density at radius 3 is 1.50 bits per heavy atom. The monoisotopic (exact) mass is 635 g/mol. The van der Waals surface area contributed by atoms with E-state index in [1.54, 1.807) is 0 Å². The molecule has 0 spiro atoms. The maximum Gasteiger partial charge on any atom is 0.161 e. The molecule has 8 aromatic carbocycles. The van der Waals surface area contributed by atoms with Gasteiger partial charge in [-0.1, -0.05) is 140 Å². The molecular formula is C47H29N3. The van der Waals surface area contributed by atoms with Crippen molar-refractivity contribution in [2.45, 2.75) is 0 Å². The minimum Gasteiger partial charge on any atom is -0.255 e. The summed E-state index contributed by atoms with van der Waals surface area (Å²) in [6, 6.07) is 60.3. The van der Waals surface area contributed by atoms with Gasteiger partial charge in [-0.15, -0.1) is 0 Å². The van der Waals surface area contributed by atoms with Crippen LogP contribution in [0.5, 0.6) is 0 Å². The van der Waals surface area contributed by atoms with Gasteiger partial charge in [0.05, 0.1) is 16.9 Å². The number of fused-ring (bicyclic) bond motifs is 7. The maximum atomic E-state index is 5.24. The Balaban J connectivity index is 1.17. The van der Waals surface area contributed by atoms with E-state index in [4.69, 9.17) is 15.0 Å². The summed E-state index contributed by atoms with van der Waals surface area (Å²) in [4.78, 5) is 15.2. The summed E-state index contributed by atoms with van der Waals surface area (Å²) in [5, 5.41) is 10.9. The summed E-state index contributed by atoms with van der Waals surface area (Å²) in [7, 11) is 0. The van der Waals surface area contributed by atoms with Gasteiger partial charge in [0.15, 0.2) is 5.82 Å². The molecule has 0 saturated heterocycles. The van der Waals surface area contributed by atoms with Crippen molar-refractivity contribution in [3.05, 3.63) is 176 Å². The zero-order valence-electron chi connectivity index (χ0n) is 27.1. The molecule has 0 aliphatic heterocycles. The number of aromatic nitrogens is 3. The summed E-state index contributed by atoms with van der Waals surface area (Å²) < 4.78 is 0. The van der Waals surface area contributed by atoms with Gasteiger partial charge in [0, 0.05) is 28.3 Å². The van der Waals surface area contributed by atoms with Crippen molar-refractivity contribution in [2.75, 3.05) is 0 Å². The Labute approximate surface area is 289 Å². The van der Waals surface area contributed by atoms with Gasteiger partial charge in [-0.3, -0.25) is 4.98 Å². The third-order valence-electron chi connectivity index (χ3n) is 9.88. The predicted molar refractivity (Wildman–Crippen MR) is 209 cm³/mol. The Kier molecular flexibility index (Phi) is 6.49. The van der Waals surface area contributed by atoms with Crippen molar-refractivity contribution in [3.8, 4) is 45.0 Å². The number of benzene rings is 8. The lowest BCUT2D eigenvalue weighted by molar-refractivity contribution is 1.18. The molecule has 0 atom stereocenters. The Morgan fingerprint density at radius 2 is 0.820 bits per heavy atom. The van der Waals surface area contributed by atoms with Crippen molar-refractivity contribution in [1.82, 2.24) is 15.0 Å². The van der Waals surface area contributed by atoms with Crippen LogP contribution in [-0.2, 0) is 0 Å². The molecule has 10 rings (SSSR count). The number of rotatable bonds is 4. The summed E-state index contributed by atoms with van der Waals surface area (Å²) in [5.74, 6) is 0.651. The van der Waals surface area contributed by atoms with Crippen LogP contribution in [0.15, 0.2) is 176 Å². The Morgan fingerprint density at radius 1 is 0.320 bits per heavy atom. The van der Waals surface area contributed by atoms with Crippen LogP contribution in [0.2, 0.25) is 0 Å². The summed E-state index contributed by atoms with van der Waals surface area (Å²) in [5.41, 5.74) is 8.08. The van der Waals surface area contributed by atoms with E-state index in [2.05, 4.69) is 152 Å². The molecule has 0 bridgehead atoms. The van der Waals surface area contributed by atoms with E-state index < -0.39 is 0 Å². The first-order valence-corrected chi connectivity index (χ1v) is 16.9. The number of hydrogen-bond donors (Lipinski definition) is 0. The minimum absolute atomic E-state index is 0.651. The molecule has 2 aromatic heterocycles. The molecule has 3 heteroatoms.